The first-order chi connectivity index (χ1) is 12.5. The highest BCUT2D eigenvalue weighted by molar-refractivity contribution is 6.31. The van der Waals surface area contributed by atoms with Gasteiger partial charge < -0.3 is 10.0 Å². The number of benzene rings is 1. The van der Waals surface area contributed by atoms with Crippen LogP contribution in [0.5, 0.6) is 0 Å². The number of carboxylic acid groups (broad SMARTS) is 1. The molecular formula is C19H22ClN3O3. The summed E-state index contributed by atoms with van der Waals surface area (Å²) in [6, 6.07) is 7.74. The van der Waals surface area contributed by atoms with Gasteiger partial charge in [0, 0.05) is 30.2 Å². The van der Waals surface area contributed by atoms with Crippen LogP contribution in [0.15, 0.2) is 36.7 Å². The number of halogens is 1. The molecule has 0 spiro atoms. The van der Waals surface area contributed by atoms with Gasteiger partial charge in [-0.05, 0) is 30.9 Å². The third-order valence-corrected chi connectivity index (χ3v) is 5.27. The number of amides is 1. The smallest absolute Gasteiger partial charge is 0.338 e. The second-order valence-electron chi connectivity index (χ2n) is 6.77. The molecule has 1 aromatic heterocycles. The summed E-state index contributed by atoms with van der Waals surface area (Å²) in [5.41, 5.74) is 1.18. The highest BCUT2D eigenvalue weighted by Gasteiger charge is 2.27. The standard InChI is InChI=1S/C19H22ClN3O3/c1-13(10-14-4-2-3-5-17(14)20)18(24)22-8-6-16(7-9-22)23-12-15(11-21-23)19(25)26/h2-5,11-13,16H,6-10H2,1H3,(H,25,26). The minimum atomic E-state index is -0.975. The van der Waals surface area contributed by atoms with Gasteiger partial charge in [0.15, 0.2) is 0 Å². The fourth-order valence-corrected chi connectivity index (χ4v) is 3.60. The Kier molecular flexibility index (Phi) is 5.61. The van der Waals surface area contributed by atoms with Crippen LogP contribution >= 0.6 is 11.6 Å². The van der Waals surface area contributed by atoms with Crippen LogP contribution in [0.3, 0.4) is 0 Å². The highest BCUT2D eigenvalue weighted by atomic mass is 35.5. The summed E-state index contributed by atoms with van der Waals surface area (Å²) in [4.78, 5) is 25.6. The second kappa shape index (κ2) is 7.91. The molecule has 1 aliphatic rings. The van der Waals surface area contributed by atoms with Crippen molar-refractivity contribution in [2.45, 2.75) is 32.2 Å². The number of rotatable bonds is 5. The maximum Gasteiger partial charge on any atom is 0.338 e. The van der Waals surface area contributed by atoms with Crippen LogP contribution in [-0.2, 0) is 11.2 Å². The quantitative estimate of drug-likeness (QED) is 0.870. The van der Waals surface area contributed by atoms with E-state index in [1.54, 1.807) is 10.9 Å². The number of aromatic carboxylic acids is 1. The van der Waals surface area contributed by atoms with E-state index in [-0.39, 0.29) is 23.4 Å². The molecule has 0 aliphatic carbocycles. The van der Waals surface area contributed by atoms with Crippen LogP contribution in [-0.4, -0.2) is 44.8 Å². The number of piperidine rings is 1. The van der Waals surface area contributed by atoms with E-state index in [1.165, 1.54) is 6.20 Å². The minimum absolute atomic E-state index is 0.130. The van der Waals surface area contributed by atoms with Crippen molar-refractivity contribution in [3.63, 3.8) is 0 Å². The van der Waals surface area contributed by atoms with Crippen molar-refractivity contribution < 1.29 is 14.7 Å². The Morgan fingerprint density at radius 3 is 2.62 bits per heavy atom. The van der Waals surface area contributed by atoms with Gasteiger partial charge in [-0.2, -0.15) is 5.10 Å². The number of hydrogen-bond donors (Lipinski definition) is 1. The lowest BCUT2D eigenvalue weighted by molar-refractivity contribution is -0.136. The molecular weight excluding hydrogens is 354 g/mol. The number of carbonyl (C=O) groups excluding carboxylic acids is 1. The Morgan fingerprint density at radius 2 is 2.00 bits per heavy atom. The van der Waals surface area contributed by atoms with Gasteiger partial charge in [-0.25, -0.2) is 4.79 Å². The largest absolute Gasteiger partial charge is 0.478 e. The summed E-state index contributed by atoms with van der Waals surface area (Å²) in [5, 5.41) is 13.8. The molecule has 1 N–H and O–H groups in total. The van der Waals surface area contributed by atoms with E-state index in [1.807, 2.05) is 36.1 Å². The molecule has 1 aromatic carbocycles. The number of aromatic nitrogens is 2. The number of nitrogens with zero attached hydrogens (tertiary/aromatic N) is 3. The van der Waals surface area contributed by atoms with Gasteiger partial charge in [-0.1, -0.05) is 36.7 Å². The van der Waals surface area contributed by atoms with Gasteiger partial charge in [0.2, 0.25) is 5.91 Å². The van der Waals surface area contributed by atoms with Gasteiger partial charge in [0.1, 0.15) is 0 Å². The van der Waals surface area contributed by atoms with Crippen molar-refractivity contribution in [2.24, 2.45) is 5.92 Å². The van der Waals surface area contributed by atoms with Gasteiger partial charge in [-0.3, -0.25) is 9.48 Å². The van der Waals surface area contributed by atoms with Crippen LogP contribution in [0.2, 0.25) is 5.02 Å². The number of carbonyl (C=O) groups is 2. The van der Waals surface area contributed by atoms with Crippen molar-refractivity contribution >= 4 is 23.5 Å². The van der Waals surface area contributed by atoms with Crippen molar-refractivity contribution in [1.29, 1.82) is 0 Å². The Bertz CT molecular complexity index is 797. The summed E-state index contributed by atoms with van der Waals surface area (Å²) in [5.74, 6) is -0.970. The normalized spacial score (nSPS) is 16.5. The van der Waals surface area contributed by atoms with E-state index >= 15 is 0 Å². The molecule has 7 heteroatoms. The van der Waals surface area contributed by atoms with E-state index in [0.717, 1.165) is 18.4 Å². The molecule has 2 aromatic rings. The molecule has 2 heterocycles. The van der Waals surface area contributed by atoms with E-state index in [2.05, 4.69) is 5.10 Å². The third-order valence-electron chi connectivity index (χ3n) is 4.90. The van der Waals surface area contributed by atoms with Crippen molar-refractivity contribution in [2.75, 3.05) is 13.1 Å². The summed E-state index contributed by atoms with van der Waals surface area (Å²) in [7, 11) is 0. The molecule has 0 bridgehead atoms. The Morgan fingerprint density at radius 1 is 1.31 bits per heavy atom. The van der Waals surface area contributed by atoms with E-state index < -0.39 is 5.97 Å². The molecule has 6 nitrogen and oxygen atoms in total. The zero-order valence-electron chi connectivity index (χ0n) is 14.6. The molecule has 138 valence electrons. The van der Waals surface area contributed by atoms with Gasteiger partial charge >= 0.3 is 5.97 Å². The Hall–Kier alpha value is -2.34. The number of hydrogen-bond acceptors (Lipinski definition) is 3. The van der Waals surface area contributed by atoms with Crippen molar-refractivity contribution in [3.05, 3.63) is 52.8 Å². The highest BCUT2D eigenvalue weighted by Crippen LogP contribution is 2.25. The van der Waals surface area contributed by atoms with E-state index in [4.69, 9.17) is 16.7 Å². The Labute approximate surface area is 157 Å². The summed E-state index contributed by atoms with van der Waals surface area (Å²) in [6.45, 7) is 3.24. The molecule has 1 fully saturated rings. The second-order valence-corrected chi connectivity index (χ2v) is 7.17. The predicted molar refractivity (Wildman–Crippen MR) is 98.4 cm³/mol. The summed E-state index contributed by atoms with van der Waals surface area (Å²) >= 11 is 6.19. The molecule has 1 aliphatic heterocycles. The fourth-order valence-electron chi connectivity index (χ4n) is 3.39. The molecule has 1 unspecified atom stereocenters. The molecule has 1 saturated heterocycles. The molecule has 3 rings (SSSR count). The van der Waals surface area contributed by atoms with Gasteiger partial charge in [-0.15, -0.1) is 0 Å². The van der Waals surface area contributed by atoms with Crippen molar-refractivity contribution in [1.82, 2.24) is 14.7 Å². The number of carboxylic acids is 1. The first kappa shape index (κ1) is 18.5. The van der Waals surface area contributed by atoms with Gasteiger partial charge in [0.05, 0.1) is 17.8 Å². The topological polar surface area (TPSA) is 75.4 Å². The minimum Gasteiger partial charge on any atom is -0.478 e. The van der Waals surface area contributed by atoms with Crippen LogP contribution < -0.4 is 0 Å². The third kappa shape index (κ3) is 4.07. The monoisotopic (exact) mass is 375 g/mol. The zero-order valence-corrected chi connectivity index (χ0v) is 15.4. The summed E-state index contributed by atoms with van der Waals surface area (Å²) in [6.07, 6.45) is 5.09. The summed E-state index contributed by atoms with van der Waals surface area (Å²) < 4.78 is 1.71. The molecule has 1 amide bonds. The predicted octanol–water partition coefficient (Wildman–Crippen LogP) is 3.28. The fraction of sp³-hybridized carbons (Fsp3) is 0.421. The Balaban J connectivity index is 1.56. The molecule has 0 saturated carbocycles. The van der Waals surface area contributed by atoms with Crippen LogP contribution in [0.4, 0.5) is 0 Å². The van der Waals surface area contributed by atoms with E-state index in [9.17, 15) is 9.59 Å². The SMILES string of the molecule is CC(Cc1ccccc1Cl)C(=O)N1CCC(n2cc(C(=O)O)cn2)CC1. The van der Waals surface area contributed by atoms with Crippen molar-refractivity contribution in [3.8, 4) is 0 Å². The van der Waals surface area contributed by atoms with Crippen LogP contribution in [0, 0.1) is 5.92 Å². The van der Waals surface area contributed by atoms with E-state index in [0.29, 0.717) is 24.5 Å². The maximum atomic E-state index is 12.7. The van der Waals surface area contributed by atoms with Crippen LogP contribution in [0.25, 0.3) is 0 Å². The average Bonchev–Trinajstić information content (AvgIpc) is 3.13. The molecule has 0 radical (unpaired) electrons. The number of likely N-dealkylation sites (tertiary alicyclic amines) is 1. The lowest BCUT2D eigenvalue weighted by atomic mass is 9.97. The first-order valence-electron chi connectivity index (χ1n) is 8.75. The van der Waals surface area contributed by atoms with Crippen LogP contribution in [0.1, 0.15) is 41.7 Å². The maximum absolute atomic E-state index is 12.7. The molecule has 26 heavy (non-hydrogen) atoms. The zero-order chi connectivity index (χ0) is 18.7. The average molecular weight is 376 g/mol. The lowest BCUT2D eigenvalue weighted by Crippen LogP contribution is -2.42. The molecule has 1 atom stereocenters. The van der Waals surface area contributed by atoms with Gasteiger partial charge in [0.25, 0.3) is 0 Å². The lowest BCUT2D eigenvalue weighted by Gasteiger charge is -2.33. The first-order valence-corrected chi connectivity index (χ1v) is 9.13.